The van der Waals surface area contributed by atoms with Crippen molar-refractivity contribution < 1.29 is 14.3 Å². The van der Waals surface area contributed by atoms with Crippen LogP contribution in [-0.4, -0.2) is 38.8 Å². The maximum atomic E-state index is 11.6. The van der Waals surface area contributed by atoms with Crippen molar-refractivity contribution in [1.29, 1.82) is 0 Å². The summed E-state index contributed by atoms with van der Waals surface area (Å²) in [4.78, 5) is 11.6. The molecule has 0 heterocycles. The predicted molar refractivity (Wildman–Crippen MR) is 95.4 cm³/mol. The standard InChI is InChI=1S/C17H28N2O3.ClH/c1-17(2,3)13-5-7-14(8-6-13)22-10-9-19-16(20)11-15(12-18)21-4;/h5-8,15H,9-12,18H2,1-4H3,(H,19,20);1H. The molecule has 5 nitrogen and oxygen atoms in total. The van der Waals surface area contributed by atoms with Crippen molar-refractivity contribution in [2.45, 2.75) is 38.7 Å². The summed E-state index contributed by atoms with van der Waals surface area (Å²) in [5, 5.41) is 2.79. The maximum absolute atomic E-state index is 11.6. The number of hydrogen-bond donors (Lipinski definition) is 2. The van der Waals surface area contributed by atoms with Gasteiger partial charge in [-0.3, -0.25) is 4.79 Å². The van der Waals surface area contributed by atoms with Crippen LogP contribution in [0.15, 0.2) is 24.3 Å². The average molecular weight is 345 g/mol. The van der Waals surface area contributed by atoms with Gasteiger partial charge in [-0.05, 0) is 23.1 Å². The molecule has 0 fully saturated rings. The van der Waals surface area contributed by atoms with Crippen molar-refractivity contribution in [2.75, 3.05) is 26.8 Å². The molecule has 0 bridgehead atoms. The first-order chi connectivity index (χ1) is 10.4. The Bertz CT molecular complexity index is 454. The van der Waals surface area contributed by atoms with Gasteiger partial charge in [0.1, 0.15) is 12.4 Å². The summed E-state index contributed by atoms with van der Waals surface area (Å²) in [6.07, 6.45) is 0.0404. The van der Waals surface area contributed by atoms with E-state index in [2.05, 4.69) is 38.2 Å². The van der Waals surface area contributed by atoms with Gasteiger partial charge in [0.2, 0.25) is 5.91 Å². The predicted octanol–water partition coefficient (Wildman–Crippen LogP) is 2.26. The van der Waals surface area contributed by atoms with Crippen molar-refractivity contribution in [3.63, 3.8) is 0 Å². The summed E-state index contributed by atoms with van der Waals surface area (Å²) in [7, 11) is 1.55. The van der Waals surface area contributed by atoms with Crippen LogP contribution in [-0.2, 0) is 14.9 Å². The number of carbonyl (C=O) groups excluding carboxylic acids is 1. The number of amides is 1. The molecule has 0 spiro atoms. The van der Waals surface area contributed by atoms with Gasteiger partial charge in [0.25, 0.3) is 0 Å². The highest BCUT2D eigenvalue weighted by molar-refractivity contribution is 5.85. The fourth-order valence-corrected chi connectivity index (χ4v) is 1.95. The molecular formula is C17H29ClN2O3. The molecule has 1 aromatic carbocycles. The highest BCUT2D eigenvalue weighted by Gasteiger charge is 2.13. The number of rotatable bonds is 8. The van der Waals surface area contributed by atoms with Crippen LogP contribution in [0.4, 0.5) is 0 Å². The van der Waals surface area contributed by atoms with Crippen LogP contribution >= 0.6 is 12.4 Å². The first kappa shape index (κ1) is 21.7. The van der Waals surface area contributed by atoms with Gasteiger partial charge in [-0.15, -0.1) is 12.4 Å². The van der Waals surface area contributed by atoms with E-state index in [9.17, 15) is 4.79 Å². The third kappa shape index (κ3) is 8.21. The van der Waals surface area contributed by atoms with Gasteiger partial charge in [0.15, 0.2) is 0 Å². The summed E-state index contributed by atoms with van der Waals surface area (Å²) in [5.41, 5.74) is 6.87. The molecular weight excluding hydrogens is 316 g/mol. The number of nitrogens with two attached hydrogens (primary N) is 1. The van der Waals surface area contributed by atoms with Gasteiger partial charge < -0.3 is 20.5 Å². The summed E-state index contributed by atoms with van der Waals surface area (Å²) in [6.45, 7) is 7.75. The van der Waals surface area contributed by atoms with Gasteiger partial charge in [0, 0.05) is 13.7 Å². The summed E-state index contributed by atoms with van der Waals surface area (Å²) < 4.78 is 10.7. The topological polar surface area (TPSA) is 73.6 Å². The average Bonchev–Trinajstić information content (AvgIpc) is 2.48. The summed E-state index contributed by atoms with van der Waals surface area (Å²) in [6, 6.07) is 8.05. The molecule has 3 N–H and O–H groups in total. The zero-order valence-electron chi connectivity index (χ0n) is 14.4. The smallest absolute Gasteiger partial charge is 0.222 e. The highest BCUT2D eigenvalue weighted by atomic mass is 35.5. The van der Waals surface area contributed by atoms with Crippen LogP contribution in [0, 0.1) is 0 Å². The lowest BCUT2D eigenvalue weighted by molar-refractivity contribution is -0.123. The van der Waals surface area contributed by atoms with E-state index in [1.807, 2.05) is 12.1 Å². The second kappa shape index (κ2) is 10.5. The van der Waals surface area contributed by atoms with Crippen LogP contribution < -0.4 is 15.8 Å². The molecule has 0 aliphatic heterocycles. The molecule has 23 heavy (non-hydrogen) atoms. The quantitative estimate of drug-likeness (QED) is 0.709. The largest absolute Gasteiger partial charge is 0.492 e. The number of nitrogens with one attached hydrogen (secondary N) is 1. The third-order valence-electron chi connectivity index (χ3n) is 3.42. The minimum atomic E-state index is -0.231. The molecule has 1 rings (SSSR count). The van der Waals surface area contributed by atoms with Crippen LogP contribution in [0.5, 0.6) is 5.75 Å². The molecule has 132 valence electrons. The fraction of sp³-hybridized carbons (Fsp3) is 0.588. The SMILES string of the molecule is COC(CN)CC(=O)NCCOc1ccc(C(C)(C)C)cc1.Cl. The van der Waals surface area contributed by atoms with Gasteiger partial charge in [-0.2, -0.15) is 0 Å². The van der Waals surface area contributed by atoms with Gasteiger partial charge in [0.05, 0.1) is 19.1 Å². The van der Waals surface area contributed by atoms with Gasteiger partial charge >= 0.3 is 0 Å². The Kier molecular flexibility index (Phi) is 9.88. The monoisotopic (exact) mass is 344 g/mol. The molecule has 0 aliphatic carbocycles. The highest BCUT2D eigenvalue weighted by Crippen LogP contribution is 2.24. The Morgan fingerprint density at radius 2 is 1.87 bits per heavy atom. The van der Waals surface area contributed by atoms with Crippen LogP contribution in [0.1, 0.15) is 32.8 Å². The van der Waals surface area contributed by atoms with E-state index in [-0.39, 0.29) is 36.3 Å². The van der Waals surface area contributed by atoms with Crippen LogP contribution in [0.2, 0.25) is 0 Å². The van der Waals surface area contributed by atoms with E-state index in [1.54, 1.807) is 7.11 Å². The molecule has 1 aromatic rings. The molecule has 0 aliphatic rings. The molecule has 1 atom stereocenters. The normalized spacial score (nSPS) is 12.2. The Morgan fingerprint density at radius 3 is 2.35 bits per heavy atom. The number of benzene rings is 1. The Balaban J connectivity index is 0.00000484. The second-order valence-corrected chi connectivity index (χ2v) is 6.27. The number of halogens is 1. The van der Waals surface area contributed by atoms with Crippen LogP contribution in [0.25, 0.3) is 0 Å². The summed E-state index contributed by atoms with van der Waals surface area (Å²) >= 11 is 0. The molecule has 6 heteroatoms. The lowest BCUT2D eigenvalue weighted by atomic mass is 9.87. The van der Waals surface area contributed by atoms with E-state index in [0.29, 0.717) is 19.7 Å². The van der Waals surface area contributed by atoms with Crippen molar-refractivity contribution in [3.8, 4) is 5.75 Å². The number of ether oxygens (including phenoxy) is 2. The van der Waals surface area contributed by atoms with E-state index >= 15 is 0 Å². The number of carbonyl (C=O) groups is 1. The van der Waals surface area contributed by atoms with E-state index in [1.165, 1.54) is 5.56 Å². The maximum Gasteiger partial charge on any atom is 0.222 e. The van der Waals surface area contributed by atoms with Gasteiger partial charge in [-0.25, -0.2) is 0 Å². The second-order valence-electron chi connectivity index (χ2n) is 6.27. The number of hydrogen-bond acceptors (Lipinski definition) is 4. The molecule has 0 saturated heterocycles. The van der Waals surface area contributed by atoms with Crippen molar-refractivity contribution >= 4 is 18.3 Å². The Morgan fingerprint density at radius 1 is 1.26 bits per heavy atom. The first-order valence-electron chi connectivity index (χ1n) is 7.59. The van der Waals surface area contributed by atoms with E-state index in [0.717, 1.165) is 5.75 Å². The molecule has 0 aromatic heterocycles. The van der Waals surface area contributed by atoms with Crippen molar-refractivity contribution in [3.05, 3.63) is 29.8 Å². The van der Waals surface area contributed by atoms with E-state index < -0.39 is 0 Å². The fourth-order valence-electron chi connectivity index (χ4n) is 1.95. The number of methoxy groups -OCH3 is 1. The zero-order chi connectivity index (χ0) is 16.6. The van der Waals surface area contributed by atoms with Gasteiger partial charge in [-0.1, -0.05) is 32.9 Å². The first-order valence-corrected chi connectivity index (χ1v) is 7.59. The molecule has 0 saturated carbocycles. The molecule has 1 unspecified atom stereocenters. The third-order valence-corrected chi connectivity index (χ3v) is 3.42. The zero-order valence-corrected chi connectivity index (χ0v) is 15.2. The lowest BCUT2D eigenvalue weighted by Crippen LogP contribution is -2.34. The Labute approximate surface area is 145 Å². The molecule has 0 radical (unpaired) electrons. The lowest BCUT2D eigenvalue weighted by Gasteiger charge is -2.19. The van der Waals surface area contributed by atoms with E-state index in [4.69, 9.17) is 15.2 Å². The Hall–Kier alpha value is -1.30. The summed E-state index contributed by atoms with van der Waals surface area (Å²) in [5.74, 6) is 0.725. The van der Waals surface area contributed by atoms with Crippen molar-refractivity contribution in [1.82, 2.24) is 5.32 Å². The van der Waals surface area contributed by atoms with Crippen LogP contribution in [0.3, 0.4) is 0 Å². The minimum absolute atomic E-state index is 0. The van der Waals surface area contributed by atoms with Crippen molar-refractivity contribution in [2.24, 2.45) is 5.73 Å². The molecule has 1 amide bonds. The minimum Gasteiger partial charge on any atom is -0.492 e.